The molecule has 2 aromatic carbocycles. The van der Waals surface area contributed by atoms with Crippen molar-refractivity contribution in [3.05, 3.63) is 69.7 Å². The SMILES string of the molecule is CC(C)Cc1nnc(C(=O)Nc2ccc(C(=O)NCc3ccc(OC(C)C)cc3)cc2)s1. The summed E-state index contributed by atoms with van der Waals surface area (Å²) in [6.07, 6.45) is 0.916. The van der Waals surface area contributed by atoms with Gasteiger partial charge in [0.15, 0.2) is 0 Å². The summed E-state index contributed by atoms with van der Waals surface area (Å²) in [7, 11) is 0. The van der Waals surface area contributed by atoms with E-state index in [0.717, 1.165) is 22.7 Å². The van der Waals surface area contributed by atoms with Crippen molar-refractivity contribution in [2.75, 3.05) is 5.32 Å². The van der Waals surface area contributed by atoms with Gasteiger partial charge in [0.05, 0.1) is 6.10 Å². The number of aromatic nitrogens is 2. The second-order valence-electron chi connectivity index (χ2n) is 8.12. The number of rotatable bonds is 9. The van der Waals surface area contributed by atoms with E-state index in [-0.39, 0.29) is 17.9 Å². The van der Waals surface area contributed by atoms with E-state index in [1.165, 1.54) is 11.3 Å². The fourth-order valence-electron chi connectivity index (χ4n) is 2.91. The summed E-state index contributed by atoms with van der Waals surface area (Å²) in [5.41, 5.74) is 2.08. The fourth-order valence-corrected chi connectivity index (χ4v) is 3.86. The average Bonchev–Trinajstić information content (AvgIpc) is 3.21. The minimum atomic E-state index is -0.306. The predicted molar refractivity (Wildman–Crippen MR) is 126 cm³/mol. The van der Waals surface area contributed by atoms with Crippen LogP contribution in [0.4, 0.5) is 5.69 Å². The summed E-state index contributed by atoms with van der Waals surface area (Å²) < 4.78 is 5.62. The van der Waals surface area contributed by atoms with E-state index in [1.807, 2.05) is 38.1 Å². The summed E-state index contributed by atoms with van der Waals surface area (Å²) >= 11 is 1.30. The average molecular weight is 453 g/mol. The molecule has 0 aliphatic heterocycles. The first-order valence-electron chi connectivity index (χ1n) is 10.6. The molecule has 0 fully saturated rings. The number of ether oxygens (including phenoxy) is 1. The largest absolute Gasteiger partial charge is 0.491 e. The fraction of sp³-hybridized carbons (Fsp3) is 0.333. The van der Waals surface area contributed by atoms with Crippen molar-refractivity contribution in [2.24, 2.45) is 5.92 Å². The molecular formula is C24H28N4O3S. The first-order valence-corrected chi connectivity index (χ1v) is 11.4. The van der Waals surface area contributed by atoms with Crippen molar-refractivity contribution in [3.8, 4) is 5.75 Å². The van der Waals surface area contributed by atoms with Crippen LogP contribution in [0.15, 0.2) is 48.5 Å². The molecule has 0 bridgehead atoms. The quantitative estimate of drug-likeness (QED) is 0.491. The topological polar surface area (TPSA) is 93.2 Å². The van der Waals surface area contributed by atoms with Gasteiger partial charge in [-0.15, -0.1) is 10.2 Å². The van der Waals surface area contributed by atoms with Gasteiger partial charge in [-0.2, -0.15) is 0 Å². The molecule has 0 radical (unpaired) electrons. The zero-order valence-corrected chi connectivity index (χ0v) is 19.5. The molecule has 3 aromatic rings. The molecular weight excluding hydrogens is 424 g/mol. The molecule has 2 amide bonds. The van der Waals surface area contributed by atoms with Gasteiger partial charge < -0.3 is 15.4 Å². The third-order valence-electron chi connectivity index (χ3n) is 4.40. The highest BCUT2D eigenvalue weighted by atomic mass is 32.1. The summed E-state index contributed by atoms with van der Waals surface area (Å²) in [4.78, 5) is 24.8. The molecule has 0 aliphatic carbocycles. The van der Waals surface area contributed by atoms with Crippen molar-refractivity contribution in [1.29, 1.82) is 0 Å². The molecule has 1 aromatic heterocycles. The van der Waals surface area contributed by atoms with Crippen LogP contribution in [0.5, 0.6) is 5.75 Å². The van der Waals surface area contributed by atoms with E-state index >= 15 is 0 Å². The van der Waals surface area contributed by atoms with Crippen LogP contribution in [0, 0.1) is 5.92 Å². The highest BCUT2D eigenvalue weighted by Crippen LogP contribution is 2.17. The lowest BCUT2D eigenvalue weighted by molar-refractivity contribution is 0.0950. The minimum Gasteiger partial charge on any atom is -0.491 e. The Morgan fingerprint density at radius 1 is 0.938 bits per heavy atom. The van der Waals surface area contributed by atoms with Gasteiger partial charge in [-0.05, 0) is 61.7 Å². The van der Waals surface area contributed by atoms with Crippen LogP contribution in [-0.2, 0) is 13.0 Å². The molecule has 0 spiro atoms. The molecule has 0 saturated heterocycles. The number of hydrogen-bond acceptors (Lipinski definition) is 6. The Kier molecular flexibility index (Phi) is 7.94. The van der Waals surface area contributed by atoms with E-state index in [2.05, 4.69) is 34.7 Å². The van der Waals surface area contributed by atoms with Crippen LogP contribution in [0.1, 0.15) is 58.4 Å². The monoisotopic (exact) mass is 452 g/mol. The summed E-state index contributed by atoms with van der Waals surface area (Å²) in [6, 6.07) is 14.4. The number of nitrogens with zero attached hydrogens (tertiary/aromatic N) is 2. The number of carbonyl (C=O) groups is 2. The minimum absolute atomic E-state index is 0.119. The Morgan fingerprint density at radius 3 is 2.25 bits per heavy atom. The first-order chi connectivity index (χ1) is 15.3. The Balaban J connectivity index is 1.51. The van der Waals surface area contributed by atoms with Gasteiger partial charge in [-0.25, -0.2) is 0 Å². The molecule has 3 rings (SSSR count). The third-order valence-corrected chi connectivity index (χ3v) is 5.34. The normalized spacial score (nSPS) is 10.9. The lowest BCUT2D eigenvalue weighted by Crippen LogP contribution is -2.22. The molecule has 7 nitrogen and oxygen atoms in total. The van der Waals surface area contributed by atoms with Crippen molar-refractivity contribution in [2.45, 2.75) is 46.8 Å². The second-order valence-corrected chi connectivity index (χ2v) is 9.19. The number of benzene rings is 2. The van der Waals surface area contributed by atoms with Crippen LogP contribution >= 0.6 is 11.3 Å². The number of carbonyl (C=O) groups excluding carboxylic acids is 2. The van der Waals surface area contributed by atoms with Gasteiger partial charge in [0.1, 0.15) is 10.8 Å². The van der Waals surface area contributed by atoms with Crippen LogP contribution in [0.3, 0.4) is 0 Å². The van der Waals surface area contributed by atoms with Crippen LogP contribution in [-0.4, -0.2) is 28.1 Å². The molecule has 8 heteroatoms. The summed E-state index contributed by atoms with van der Waals surface area (Å²) in [5.74, 6) is 0.764. The van der Waals surface area contributed by atoms with Crippen LogP contribution in [0.2, 0.25) is 0 Å². The van der Waals surface area contributed by atoms with Gasteiger partial charge in [-0.3, -0.25) is 9.59 Å². The first kappa shape index (κ1) is 23.4. The smallest absolute Gasteiger partial charge is 0.286 e. The summed E-state index contributed by atoms with van der Waals surface area (Å²) in [6.45, 7) is 8.56. The lowest BCUT2D eigenvalue weighted by Gasteiger charge is -2.10. The number of nitrogens with one attached hydrogen (secondary N) is 2. The molecule has 0 atom stereocenters. The van der Waals surface area contributed by atoms with Crippen molar-refractivity contribution in [1.82, 2.24) is 15.5 Å². The van der Waals surface area contributed by atoms with Gasteiger partial charge in [0.25, 0.3) is 11.8 Å². The maximum atomic E-state index is 12.4. The molecule has 32 heavy (non-hydrogen) atoms. The molecule has 0 saturated carbocycles. The zero-order valence-electron chi connectivity index (χ0n) is 18.7. The Bertz CT molecular complexity index is 1040. The van der Waals surface area contributed by atoms with Crippen LogP contribution in [0.25, 0.3) is 0 Å². The van der Waals surface area contributed by atoms with Gasteiger partial charge in [0, 0.05) is 24.2 Å². The Morgan fingerprint density at radius 2 is 1.62 bits per heavy atom. The van der Waals surface area contributed by atoms with Gasteiger partial charge in [0.2, 0.25) is 5.01 Å². The zero-order chi connectivity index (χ0) is 23.1. The van der Waals surface area contributed by atoms with E-state index in [0.29, 0.717) is 28.7 Å². The van der Waals surface area contributed by atoms with Crippen molar-refractivity contribution in [3.63, 3.8) is 0 Å². The summed E-state index contributed by atoms with van der Waals surface area (Å²) in [5, 5.41) is 14.9. The second kappa shape index (κ2) is 10.9. The third kappa shape index (κ3) is 6.88. The lowest BCUT2D eigenvalue weighted by atomic mass is 10.1. The van der Waals surface area contributed by atoms with Gasteiger partial charge >= 0.3 is 0 Å². The van der Waals surface area contributed by atoms with E-state index in [1.54, 1.807) is 24.3 Å². The van der Waals surface area contributed by atoms with Gasteiger partial charge in [-0.1, -0.05) is 37.3 Å². The van der Waals surface area contributed by atoms with Crippen LogP contribution < -0.4 is 15.4 Å². The number of anilines is 1. The van der Waals surface area contributed by atoms with E-state index in [4.69, 9.17) is 4.74 Å². The maximum Gasteiger partial charge on any atom is 0.286 e. The van der Waals surface area contributed by atoms with E-state index < -0.39 is 0 Å². The highest BCUT2D eigenvalue weighted by molar-refractivity contribution is 7.13. The Labute approximate surface area is 192 Å². The molecule has 168 valence electrons. The van der Waals surface area contributed by atoms with Crippen molar-refractivity contribution < 1.29 is 14.3 Å². The molecule has 0 unspecified atom stereocenters. The molecule has 0 aliphatic rings. The number of hydrogen-bond donors (Lipinski definition) is 2. The molecule has 2 N–H and O–H groups in total. The molecule has 1 heterocycles. The van der Waals surface area contributed by atoms with Crippen molar-refractivity contribution >= 4 is 28.8 Å². The standard InChI is InChI=1S/C24H28N4O3S/c1-15(2)13-21-27-28-24(32-21)23(30)26-19-9-7-18(8-10-19)22(29)25-14-17-5-11-20(12-6-17)31-16(3)4/h5-12,15-16H,13-14H2,1-4H3,(H,25,29)(H,26,30). The predicted octanol–water partition coefficient (Wildman–Crippen LogP) is 4.71. The maximum absolute atomic E-state index is 12.4. The van der Waals surface area contributed by atoms with E-state index in [9.17, 15) is 9.59 Å². The number of amides is 2. The Hall–Kier alpha value is -3.26. The highest BCUT2D eigenvalue weighted by Gasteiger charge is 2.14.